The molecule has 106 valence electrons. The second-order valence-corrected chi connectivity index (χ2v) is 5.69. The van der Waals surface area contributed by atoms with Gasteiger partial charge in [0.15, 0.2) is 0 Å². The standard InChI is InChI=1S/C15H18ClN3O/c1-17-13-5-3-2-4-12(13)15-18-14(19-20-15)10-6-8-11(16)9-7-10/h6-9,12-13,17H,2-5H2,1H3. The predicted molar refractivity (Wildman–Crippen MR) is 78.8 cm³/mol. The van der Waals surface area contributed by atoms with E-state index < -0.39 is 0 Å². The van der Waals surface area contributed by atoms with Crippen molar-refractivity contribution < 1.29 is 4.52 Å². The molecule has 1 fully saturated rings. The van der Waals surface area contributed by atoms with Crippen LogP contribution in [0.25, 0.3) is 11.4 Å². The minimum absolute atomic E-state index is 0.322. The van der Waals surface area contributed by atoms with E-state index in [1.165, 1.54) is 19.3 Å². The third-order valence-corrected chi connectivity index (χ3v) is 4.25. The molecule has 2 atom stereocenters. The topological polar surface area (TPSA) is 51.0 Å². The van der Waals surface area contributed by atoms with Gasteiger partial charge in [-0.2, -0.15) is 4.98 Å². The van der Waals surface area contributed by atoms with E-state index in [9.17, 15) is 0 Å². The number of halogens is 1. The summed E-state index contributed by atoms with van der Waals surface area (Å²) in [5.74, 6) is 1.70. The third kappa shape index (κ3) is 2.72. The molecule has 1 saturated carbocycles. The molecule has 1 heterocycles. The summed E-state index contributed by atoms with van der Waals surface area (Å²) < 4.78 is 5.49. The van der Waals surface area contributed by atoms with Crippen molar-refractivity contribution >= 4 is 11.6 Å². The number of nitrogens with zero attached hydrogens (tertiary/aromatic N) is 2. The molecule has 1 aliphatic rings. The van der Waals surface area contributed by atoms with Gasteiger partial charge in [0.05, 0.1) is 5.92 Å². The van der Waals surface area contributed by atoms with Crippen molar-refractivity contribution in [3.63, 3.8) is 0 Å². The first-order valence-electron chi connectivity index (χ1n) is 7.05. The van der Waals surface area contributed by atoms with E-state index in [-0.39, 0.29) is 0 Å². The van der Waals surface area contributed by atoms with Crippen LogP contribution in [0.3, 0.4) is 0 Å². The molecule has 1 aromatic heterocycles. The summed E-state index contributed by atoms with van der Waals surface area (Å²) in [5.41, 5.74) is 0.932. The lowest BCUT2D eigenvalue weighted by atomic mass is 9.84. The molecule has 0 spiro atoms. The molecular formula is C15H18ClN3O. The summed E-state index contributed by atoms with van der Waals surface area (Å²) in [7, 11) is 2.00. The van der Waals surface area contributed by atoms with Gasteiger partial charge in [0.2, 0.25) is 11.7 Å². The van der Waals surface area contributed by atoms with Gasteiger partial charge in [0, 0.05) is 16.6 Å². The molecule has 1 N–H and O–H groups in total. The molecule has 1 aliphatic carbocycles. The quantitative estimate of drug-likeness (QED) is 0.938. The zero-order valence-electron chi connectivity index (χ0n) is 11.5. The Morgan fingerprint density at radius 2 is 1.95 bits per heavy atom. The fourth-order valence-electron chi connectivity index (χ4n) is 2.87. The molecule has 2 unspecified atom stereocenters. The highest BCUT2D eigenvalue weighted by Crippen LogP contribution is 2.33. The molecule has 0 amide bonds. The number of rotatable bonds is 3. The second kappa shape index (κ2) is 5.94. The lowest BCUT2D eigenvalue weighted by molar-refractivity contribution is 0.270. The normalized spacial score (nSPS) is 22.9. The Morgan fingerprint density at radius 3 is 2.70 bits per heavy atom. The summed E-state index contributed by atoms with van der Waals surface area (Å²) in [6, 6.07) is 7.93. The van der Waals surface area contributed by atoms with Gasteiger partial charge in [-0.25, -0.2) is 0 Å². The van der Waals surface area contributed by atoms with Gasteiger partial charge < -0.3 is 9.84 Å². The summed E-state index contributed by atoms with van der Waals surface area (Å²) in [5, 5.41) is 8.18. The average molecular weight is 292 g/mol. The molecule has 0 bridgehead atoms. The van der Waals surface area contributed by atoms with Gasteiger partial charge >= 0.3 is 0 Å². The van der Waals surface area contributed by atoms with E-state index in [1.54, 1.807) is 0 Å². The van der Waals surface area contributed by atoms with Crippen molar-refractivity contribution in [1.29, 1.82) is 0 Å². The molecule has 4 nitrogen and oxygen atoms in total. The van der Waals surface area contributed by atoms with Crippen molar-refractivity contribution in [2.24, 2.45) is 0 Å². The Hall–Kier alpha value is -1.39. The Morgan fingerprint density at radius 1 is 1.20 bits per heavy atom. The maximum atomic E-state index is 5.89. The summed E-state index contributed by atoms with van der Waals surface area (Å²) in [6.45, 7) is 0. The number of benzene rings is 1. The number of aromatic nitrogens is 2. The van der Waals surface area contributed by atoms with Gasteiger partial charge in [0.1, 0.15) is 0 Å². The minimum Gasteiger partial charge on any atom is -0.339 e. The van der Waals surface area contributed by atoms with Crippen molar-refractivity contribution in [2.45, 2.75) is 37.6 Å². The van der Waals surface area contributed by atoms with E-state index in [0.717, 1.165) is 17.9 Å². The number of hydrogen-bond donors (Lipinski definition) is 1. The van der Waals surface area contributed by atoms with Crippen molar-refractivity contribution in [1.82, 2.24) is 15.5 Å². The van der Waals surface area contributed by atoms with Crippen molar-refractivity contribution in [3.8, 4) is 11.4 Å². The molecule has 1 aromatic carbocycles. The Labute approximate surface area is 123 Å². The molecular weight excluding hydrogens is 274 g/mol. The van der Waals surface area contributed by atoms with Crippen LogP contribution in [-0.2, 0) is 0 Å². The molecule has 3 rings (SSSR count). The van der Waals surface area contributed by atoms with Gasteiger partial charge in [-0.3, -0.25) is 0 Å². The fraction of sp³-hybridized carbons (Fsp3) is 0.467. The summed E-state index contributed by atoms with van der Waals surface area (Å²) in [6.07, 6.45) is 4.76. The van der Waals surface area contributed by atoms with Crippen LogP contribution in [0.15, 0.2) is 28.8 Å². The first-order valence-corrected chi connectivity index (χ1v) is 7.42. The molecule has 0 saturated heterocycles. The molecule has 2 aromatic rings. The monoisotopic (exact) mass is 291 g/mol. The van der Waals surface area contributed by atoms with Gasteiger partial charge in [-0.1, -0.05) is 29.6 Å². The van der Waals surface area contributed by atoms with Crippen LogP contribution in [0.4, 0.5) is 0 Å². The Bertz CT molecular complexity index is 567. The maximum absolute atomic E-state index is 5.89. The van der Waals surface area contributed by atoms with Crippen LogP contribution >= 0.6 is 11.6 Å². The third-order valence-electron chi connectivity index (χ3n) is 4.00. The maximum Gasteiger partial charge on any atom is 0.231 e. The van der Waals surface area contributed by atoms with Crippen LogP contribution in [0.2, 0.25) is 5.02 Å². The molecule has 0 aliphatic heterocycles. The second-order valence-electron chi connectivity index (χ2n) is 5.25. The summed E-state index contributed by atoms with van der Waals surface area (Å²) >= 11 is 5.89. The van der Waals surface area contributed by atoms with E-state index in [4.69, 9.17) is 16.1 Å². The van der Waals surface area contributed by atoms with Crippen LogP contribution in [0.1, 0.15) is 37.5 Å². The first kappa shape index (κ1) is 13.6. The Balaban J connectivity index is 1.84. The highest BCUT2D eigenvalue weighted by atomic mass is 35.5. The number of hydrogen-bond acceptors (Lipinski definition) is 4. The lowest BCUT2D eigenvalue weighted by Crippen LogP contribution is -2.34. The van der Waals surface area contributed by atoms with Crippen molar-refractivity contribution in [2.75, 3.05) is 7.05 Å². The van der Waals surface area contributed by atoms with Crippen LogP contribution in [-0.4, -0.2) is 23.2 Å². The average Bonchev–Trinajstić information content (AvgIpc) is 2.97. The lowest BCUT2D eigenvalue weighted by Gasteiger charge is -2.28. The largest absolute Gasteiger partial charge is 0.339 e. The SMILES string of the molecule is CNC1CCCCC1c1nc(-c2ccc(Cl)cc2)no1. The molecule has 5 heteroatoms. The molecule has 20 heavy (non-hydrogen) atoms. The Kier molecular flexibility index (Phi) is 4.03. The van der Waals surface area contributed by atoms with E-state index in [1.807, 2.05) is 31.3 Å². The summed E-state index contributed by atoms with van der Waals surface area (Å²) in [4.78, 5) is 4.57. The smallest absolute Gasteiger partial charge is 0.231 e. The van der Waals surface area contributed by atoms with Crippen LogP contribution in [0, 0.1) is 0 Å². The molecule has 0 radical (unpaired) electrons. The van der Waals surface area contributed by atoms with E-state index in [2.05, 4.69) is 15.5 Å². The van der Waals surface area contributed by atoms with Gasteiger partial charge in [-0.15, -0.1) is 0 Å². The zero-order chi connectivity index (χ0) is 13.9. The van der Waals surface area contributed by atoms with Gasteiger partial charge in [-0.05, 0) is 44.2 Å². The van der Waals surface area contributed by atoms with Gasteiger partial charge in [0.25, 0.3) is 0 Å². The number of likely N-dealkylation sites (N-methyl/N-ethyl adjacent to an activating group) is 1. The van der Waals surface area contributed by atoms with Crippen molar-refractivity contribution in [3.05, 3.63) is 35.2 Å². The zero-order valence-corrected chi connectivity index (χ0v) is 12.2. The number of nitrogens with one attached hydrogen (secondary N) is 1. The van der Waals surface area contributed by atoms with Crippen LogP contribution in [0.5, 0.6) is 0 Å². The fourth-order valence-corrected chi connectivity index (χ4v) is 3.00. The first-order chi connectivity index (χ1) is 9.78. The highest BCUT2D eigenvalue weighted by Gasteiger charge is 2.29. The highest BCUT2D eigenvalue weighted by molar-refractivity contribution is 6.30. The van der Waals surface area contributed by atoms with E-state index >= 15 is 0 Å². The predicted octanol–water partition coefficient (Wildman–Crippen LogP) is 3.64. The van der Waals surface area contributed by atoms with Crippen LogP contribution < -0.4 is 5.32 Å². The minimum atomic E-state index is 0.322. The van der Waals surface area contributed by atoms with E-state index in [0.29, 0.717) is 22.8 Å².